The highest BCUT2D eigenvalue weighted by atomic mass is 16.1. The van der Waals surface area contributed by atoms with Crippen molar-refractivity contribution < 1.29 is 4.79 Å². The standard InChI is InChI=1S/C13H18N2O.C2H6/c1-11(2)7-5-4-6-8-15-10-13(9-14-15)12(3)16;1-2/h9-11H,4,6,8H2,1-3H3;1-2H3. The first-order chi connectivity index (χ1) is 8.59. The molecular formula is C15H24N2O. The van der Waals surface area contributed by atoms with Gasteiger partial charge in [0.2, 0.25) is 0 Å². The van der Waals surface area contributed by atoms with E-state index in [0.717, 1.165) is 19.4 Å². The zero-order chi connectivity index (χ0) is 14.0. The number of rotatable bonds is 4. The molecule has 0 aliphatic heterocycles. The molecule has 1 heterocycles. The van der Waals surface area contributed by atoms with Crippen molar-refractivity contribution in [2.45, 2.75) is 54.0 Å². The molecule has 0 saturated carbocycles. The first-order valence-electron chi connectivity index (χ1n) is 6.61. The highest BCUT2D eigenvalue weighted by Crippen LogP contribution is 2.00. The van der Waals surface area contributed by atoms with E-state index in [1.54, 1.807) is 24.0 Å². The fourth-order valence-corrected chi connectivity index (χ4v) is 1.27. The van der Waals surface area contributed by atoms with E-state index < -0.39 is 0 Å². The number of hydrogen-bond donors (Lipinski definition) is 0. The Hall–Kier alpha value is -1.56. The number of carbonyl (C=O) groups excluding carboxylic acids is 1. The maximum absolute atomic E-state index is 11.0. The van der Waals surface area contributed by atoms with Gasteiger partial charge in [-0.25, -0.2) is 0 Å². The number of aryl methyl sites for hydroxylation is 1. The second-order valence-corrected chi connectivity index (χ2v) is 4.13. The van der Waals surface area contributed by atoms with Crippen LogP contribution in [0.2, 0.25) is 0 Å². The van der Waals surface area contributed by atoms with Crippen molar-refractivity contribution in [1.29, 1.82) is 0 Å². The van der Waals surface area contributed by atoms with Gasteiger partial charge in [-0.05, 0) is 13.3 Å². The quantitative estimate of drug-likeness (QED) is 0.464. The van der Waals surface area contributed by atoms with Crippen LogP contribution in [-0.2, 0) is 6.54 Å². The van der Waals surface area contributed by atoms with Crippen molar-refractivity contribution in [1.82, 2.24) is 9.78 Å². The van der Waals surface area contributed by atoms with Crippen LogP contribution in [0.3, 0.4) is 0 Å². The van der Waals surface area contributed by atoms with Gasteiger partial charge in [-0.2, -0.15) is 5.10 Å². The lowest BCUT2D eigenvalue weighted by Gasteiger charge is -1.97. The minimum Gasteiger partial charge on any atom is -0.294 e. The Morgan fingerprint density at radius 3 is 2.61 bits per heavy atom. The summed E-state index contributed by atoms with van der Waals surface area (Å²) < 4.78 is 1.80. The average Bonchev–Trinajstić information content (AvgIpc) is 2.80. The lowest BCUT2D eigenvalue weighted by Crippen LogP contribution is -1.98. The van der Waals surface area contributed by atoms with Gasteiger partial charge in [0.1, 0.15) is 0 Å². The molecule has 0 N–H and O–H groups in total. The maximum Gasteiger partial charge on any atom is 0.162 e. The van der Waals surface area contributed by atoms with Crippen LogP contribution < -0.4 is 0 Å². The van der Waals surface area contributed by atoms with E-state index in [1.165, 1.54) is 0 Å². The fourth-order valence-electron chi connectivity index (χ4n) is 1.27. The molecule has 1 aromatic heterocycles. The van der Waals surface area contributed by atoms with E-state index in [4.69, 9.17) is 0 Å². The number of carbonyl (C=O) groups is 1. The van der Waals surface area contributed by atoms with Gasteiger partial charge >= 0.3 is 0 Å². The molecule has 1 aromatic rings. The smallest absolute Gasteiger partial charge is 0.162 e. The minimum atomic E-state index is 0.0610. The molecular weight excluding hydrogens is 224 g/mol. The predicted molar refractivity (Wildman–Crippen MR) is 75.4 cm³/mol. The van der Waals surface area contributed by atoms with Crippen LogP contribution in [0.1, 0.15) is 57.8 Å². The van der Waals surface area contributed by atoms with Crippen molar-refractivity contribution in [2.24, 2.45) is 5.92 Å². The van der Waals surface area contributed by atoms with E-state index in [1.807, 2.05) is 13.8 Å². The third-order valence-electron chi connectivity index (χ3n) is 2.12. The molecule has 0 amide bonds. The highest BCUT2D eigenvalue weighted by molar-refractivity contribution is 5.93. The molecule has 0 saturated heterocycles. The lowest BCUT2D eigenvalue weighted by molar-refractivity contribution is 0.101. The van der Waals surface area contributed by atoms with Crippen molar-refractivity contribution in [3.05, 3.63) is 18.0 Å². The van der Waals surface area contributed by atoms with Crippen LogP contribution >= 0.6 is 0 Å². The summed E-state index contributed by atoms with van der Waals surface area (Å²) in [5.41, 5.74) is 0.674. The number of aromatic nitrogens is 2. The van der Waals surface area contributed by atoms with Crippen molar-refractivity contribution in [3.63, 3.8) is 0 Å². The van der Waals surface area contributed by atoms with Crippen LogP contribution in [-0.4, -0.2) is 15.6 Å². The van der Waals surface area contributed by atoms with Gasteiger partial charge in [-0.1, -0.05) is 27.7 Å². The van der Waals surface area contributed by atoms with Gasteiger partial charge < -0.3 is 0 Å². The van der Waals surface area contributed by atoms with E-state index in [-0.39, 0.29) is 5.78 Å². The molecule has 1 rings (SSSR count). The Kier molecular flexibility index (Phi) is 8.65. The number of nitrogens with zero attached hydrogens (tertiary/aromatic N) is 2. The molecule has 0 unspecified atom stereocenters. The highest BCUT2D eigenvalue weighted by Gasteiger charge is 2.01. The molecule has 0 aromatic carbocycles. The molecule has 18 heavy (non-hydrogen) atoms. The Labute approximate surface area is 111 Å². The number of Topliss-reactive ketones (excluding diaryl/α,β-unsaturated/α-hetero) is 1. The summed E-state index contributed by atoms with van der Waals surface area (Å²) in [6, 6.07) is 0. The summed E-state index contributed by atoms with van der Waals surface area (Å²) in [5.74, 6) is 6.75. The molecule has 0 radical (unpaired) electrons. The van der Waals surface area contributed by atoms with E-state index >= 15 is 0 Å². The zero-order valence-corrected chi connectivity index (χ0v) is 12.2. The van der Waals surface area contributed by atoms with E-state index in [9.17, 15) is 4.79 Å². The Bertz CT molecular complexity index is 408. The molecule has 0 aliphatic carbocycles. The van der Waals surface area contributed by atoms with E-state index in [0.29, 0.717) is 11.5 Å². The molecule has 3 heteroatoms. The van der Waals surface area contributed by atoms with Gasteiger partial charge in [0.05, 0.1) is 11.8 Å². The zero-order valence-electron chi connectivity index (χ0n) is 12.2. The third-order valence-corrected chi connectivity index (χ3v) is 2.12. The van der Waals surface area contributed by atoms with Crippen LogP contribution in [0.15, 0.2) is 12.4 Å². The SMILES string of the molecule is CC.CC(=O)c1cnn(CCCC#CC(C)C)c1. The molecule has 100 valence electrons. The molecule has 0 atom stereocenters. The predicted octanol–water partition coefficient (Wildman–Crippen LogP) is 3.55. The van der Waals surface area contributed by atoms with Gasteiger partial charge in [0.25, 0.3) is 0 Å². The molecule has 0 spiro atoms. The van der Waals surface area contributed by atoms with Gasteiger partial charge in [0.15, 0.2) is 5.78 Å². The van der Waals surface area contributed by atoms with Crippen LogP contribution in [0.5, 0.6) is 0 Å². The average molecular weight is 248 g/mol. The summed E-state index contributed by atoms with van der Waals surface area (Å²) in [5, 5.41) is 4.12. The summed E-state index contributed by atoms with van der Waals surface area (Å²) in [7, 11) is 0. The number of hydrogen-bond acceptors (Lipinski definition) is 2. The first-order valence-corrected chi connectivity index (χ1v) is 6.61. The Balaban J connectivity index is 0.00000137. The second-order valence-electron chi connectivity index (χ2n) is 4.13. The molecule has 0 fully saturated rings. The van der Waals surface area contributed by atoms with Crippen molar-refractivity contribution in [2.75, 3.05) is 0 Å². The maximum atomic E-state index is 11.0. The largest absolute Gasteiger partial charge is 0.294 e. The fraction of sp³-hybridized carbons (Fsp3) is 0.600. The topological polar surface area (TPSA) is 34.9 Å². The minimum absolute atomic E-state index is 0.0610. The normalized spacial score (nSPS) is 9.22. The number of ketones is 1. The van der Waals surface area contributed by atoms with Crippen LogP contribution in [0.4, 0.5) is 0 Å². The summed E-state index contributed by atoms with van der Waals surface area (Å²) >= 11 is 0. The van der Waals surface area contributed by atoms with Crippen molar-refractivity contribution in [3.8, 4) is 11.8 Å². The van der Waals surface area contributed by atoms with Crippen LogP contribution in [0.25, 0.3) is 0 Å². The van der Waals surface area contributed by atoms with Gasteiger partial charge in [0, 0.05) is 25.1 Å². The van der Waals surface area contributed by atoms with Crippen molar-refractivity contribution >= 4 is 5.78 Å². The van der Waals surface area contributed by atoms with Gasteiger partial charge in [-0.15, -0.1) is 11.8 Å². The molecule has 3 nitrogen and oxygen atoms in total. The first kappa shape index (κ1) is 16.4. The Morgan fingerprint density at radius 1 is 1.44 bits per heavy atom. The van der Waals surface area contributed by atoms with E-state index in [2.05, 4.69) is 30.8 Å². The monoisotopic (exact) mass is 248 g/mol. The van der Waals surface area contributed by atoms with Crippen LogP contribution in [0, 0.1) is 17.8 Å². The molecule has 0 aliphatic rings. The lowest BCUT2D eigenvalue weighted by atomic mass is 10.2. The third kappa shape index (κ3) is 6.90. The Morgan fingerprint density at radius 2 is 2.11 bits per heavy atom. The summed E-state index contributed by atoms with van der Waals surface area (Å²) in [6.45, 7) is 10.5. The second kappa shape index (κ2) is 9.47. The summed E-state index contributed by atoms with van der Waals surface area (Å²) in [4.78, 5) is 11.0. The molecule has 0 bridgehead atoms. The van der Waals surface area contributed by atoms with Gasteiger partial charge in [-0.3, -0.25) is 9.48 Å². The summed E-state index contributed by atoms with van der Waals surface area (Å²) in [6.07, 6.45) is 5.26. The number of unbranched alkanes of at least 4 members (excludes halogenated alkanes) is 1.